The molecule has 3 aromatic carbocycles. The lowest BCUT2D eigenvalue weighted by atomic mass is 9.69. The van der Waals surface area contributed by atoms with Crippen LogP contribution in [0.15, 0.2) is 91.0 Å². The molecule has 0 unspecified atom stereocenters. The number of carboxylic acid groups (broad SMARTS) is 1. The lowest BCUT2D eigenvalue weighted by molar-refractivity contribution is -0.147. The number of carboxylic acids is 1. The molecular formula is C24H24O4. The van der Waals surface area contributed by atoms with Gasteiger partial charge in [-0.25, -0.2) is 0 Å². The smallest absolute Gasteiger partial charge is 0.325 e. The average Bonchev–Trinajstić information content (AvgIpc) is 2.71. The first-order valence-corrected chi connectivity index (χ1v) is 9.06. The van der Waals surface area contributed by atoms with E-state index in [1.54, 1.807) is 0 Å². The summed E-state index contributed by atoms with van der Waals surface area (Å²) in [5.41, 5.74) is 1.74. The molecule has 0 radical (unpaired) electrons. The monoisotopic (exact) mass is 376 g/mol. The maximum Gasteiger partial charge on any atom is 0.325 e. The molecule has 0 aliphatic rings. The molecule has 4 nitrogen and oxygen atoms in total. The van der Waals surface area contributed by atoms with Crippen LogP contribution >= 0.6 is 0 Å². The SMILES string of the molecule is CC(=O)O.CCOC(=O)C(c1ccccc1)(c1ccccc1)c1ccccc1. The Morgan fingerprint density at radius 3 is 1.29 bits per heavy atom. The van der Waals surface area contributed by atoms with E-state index < -0.39 is 11.4 Å². The molecule has 0 heterocycles. The Hall–Kier alpha value is -3.40. The number of benzene rings is 3. The number of rotatable bonds is 5. The number of hydrogen-bond donors (Lipinski definition) is 1. The summed E-state index contributed by atoms with van der Waals surface area (Å²) in [6, 6.07) is 29.5. The summed E-state index contributed by atoms with van der Waals surface area (Å²) in [7, 11) is 0. The molecular weight excluding hydrogens is 352 g/mol. The number of carbonyl (C=O) groups excluding carboxylic acids is 1. The van der Waals surface area contributed by atoms with Crippen molar-refractivity contribution < 1.29 is 19.4 Å². The zero-order valence-corrected chi connectivity index (χ0v) is 16.0. The van der Waals surface area contributed by atoms with Crippen LogP contribution in [0.4, 0.5) is 0 Å². The van der Waals surface area contributed by atoms with Crippen LogP contribution in [0.3, 0.4) is 0 Å². The normalized spacial score (nSPS) is 10.4. The van der Waals surface area contributed by atoms with Gasteiger partial charge < -0.3 is 9.84 Å². The molecule has 144 valence electrons. The van der Waals surface area contributed by atoms with Crippen LogP contribution in [-0.4, -0.2) is 23.7 Å². The van der Waals surface area contributed by atoms with Crippen molar-refractivity contribution in [3.05, 3.63) is 108 Å². The van der Waals surface area contributed by atoms with E-state index in [9.17, 15) is 4.79 Å². The van der Waals surface area contributed by atoms with Gasteiger partial charge in [-0.1, -0.05) is 91.0 Å². The Balaban J connectivity index is 0.000000640. The summed E-state index contributed by atoms with van der Waals surface area (Å²) >= 11 is 0. The van der Waals surface area contributed by atoms with Crippen molar-refractivity contribution in [2.24, 2.45) is 0 Å². The van der Waals surface area contributed by atoms with Gasteiger partial charge in [0.1, 0.15) is 5.41 Å². The van der Waals surface area contributed by atoms with Crippen LogP contribution in [-0.2, 0) is 19.7 Å². The third-order valence-corrected chi connectivity index (χ3v) is 4.20. The maximum absolute atomic E-state index is 13.2. The van der Waals surface area contributed by atoms with Crippen LogP contribution in [0, 0.1) is 0 Å². The van der Waals surface area contributed by atoms with Crippen molar-refractivity contribution in [1.82, 2.24) is 0 Å². The maximum atomic E-state index is 13.2. The van der Waals surface area contributed by atoms with Gasteiger partial charge in [-0.3, -0.25) is 9.59 Å². The molecule has 0 saturated heterocycles. The number of aliphatic carboxylic acids is 1. The molecule has 1 N–H and O–H groups in total. The second kappa shape index (κ2) is 10.1. The van der Waals surface area contributed by atoms with Crippen LogP contribution in [0.2, 0.25) is 0 Å². The van der Waals surface area contributed by atoms with Gasteiger partial charge in [0.2, 0.25) is 0 Å². The van der Waals surface area contributed by atoms with E-state index in [4.69, 9.17) is 14.6 Å². The van der Waals surface area contributed by atoms with Crippen molar-refractivity contribution in [3.63, 3.8) is 0 Å². The van der Waals surface area contributed by atoms with Gasteiger partial charge in [0, 0.05) is 6.92 Å². The number of esters is 1. The number of carbonyl (C=O) groups is 2. The summed E-state index contributed by atoms with van der Waals surface area (Å²) in [5, 5.41) is 7.42. The number of ether oxygens (including phenoxy) is 1. The van der Waals surface area contributed by atoms with Crippen LogP contribution in [0.5, 0.6) is 0 Å². The van der Waals surface area contributed by atoms with Gasteiger partial charge in [0.15, 0.2) is 0 Å². The van der Waals surface area contributed by atoms with E-state index >= 15 is 0 Å². The largest absolute Gasteiger partial charge is 0.481 e. The molecule has 0 bridgehead atoms. The summed E-state index contributed by atoms with van der Waals surface area (Å²) in [4.78, 5) is 22.2. The van der Waals surface area contributed by atoms with Gasteiger partial charge in [-0.15, -0.1) is 0 Å². The van der Waals surface area contributed by atoms with E-state index in [1.165, 1.54) is 0 Å². The summed E-state index contributed by atoms with van der Waals surface area (Å²) < 4.78 is 5.53. The van der Waals surface area contributed by atoms with E-state index in [1.807, 2.05) is 97.9 Å². The molecule has 0 aromatic heterocycles. The Morgan fingerprint density at radius 1 is 0.750 bits per heavy atom. The molecule has 28 heavy (non-hydrogen) atoms. The second-order valence-electron chi connectivity index (χ2n) is 6.09. The van der Waals surface area contributed by atoms with E-state index in [0.717, 1.165) is 23.6 Å². The highest BCUT2D eigenvalue weighted by Gasteiger charge is 2.45. The molecule has 0 atom stereocenters. The van der Waals surface area contributed by atoms with Crippen molar-refractivity contribution in [2.75, 3.05) is 6.61 Å². The standard InChI is InChI=1S/C22H20O2.C2H4O2/c1-2-24-21(23)22(18-12-6-3-7-13-18,19-14-8-4-9-15-19)20-16-10-5-11-17-20;1-2(3)4/h3-17H,2H2,1H3;1H3,(H,3,4). The van der Waals surface area contributed by atoms with Gasteiger partial charge in [0.05, 0.1) is 6.61 Å². The van der Waals surface area contributed by atoms with Crippen LogP contribution < -0.4 is 0 Å². The average molecular weight is 376 g/mol. The minimum Gasteiger partial charge on any atom is -0.481 e. The Kier molecular flexibility index (Phi) is 7.52. The third-order valence-electron chi connectivity index (χ3n) is 4.20. The Morgan fingerprint density at radius 2 is 1.04 bits per heavy atom. The topological polar surface area (TPSA) is 63.6 Å². The highest BCUT2D eigenvalue weighted by molar-refractivity contribution is 5.92. The van der Waals surface area contributed by atoms with Crippen molar-refractivity contribution in [2.45, 2.75) is 19.3 Å². The summed E-state index contributed by atoms with van der Waals surface area (Å²) in [6.45, 7) is 3.26. The zero-order chi connectivity index (χ0) is 20.4. The first-order chi connectivity index (χ1) is 13.5. The lowest BCUT2D eigenvalue weighted by Crippen LogP contribution is -2.40. The molecule has 0 fully saturated rings. The first-order valence-electron chi connectivity index (χ1n) is 9.06. The van der Waals surface area contributed by atoms with E-state index in [2.05, 4.69) is 0 Å². The molecule has 0 spiro atoms. The zero-order valence-electron chi connectivity index (χ0n) is 16.0. The molecule has 3 rings (SSSR count). The summed E-state index contributed by atoms with van der Waals surface area (Å²) in [6.07, 6.45) is 0. The molecule has 0 aliphatic carbocycles. The molecule has 4 heteroatoms. The molecule has 3 aromatic rings. The van der Waals surface area contributed by atoms with Crippen molar-refractivity contribution in [1.29, 1.82) is 0 Å². The molecule has 0 saturated carbocycles. The van der Waals surface area contributed by atoms with E-state index in [0.29, 0.717) is 6.61 Å². The highest BCUT2D eigenvalue weighted by atomic mass is 16.5. The molecule has 0 amide bonds. The quantitative estimate of drug-likeness (QED) is 0.519. The minimum absolute atomic E-state index is 0.256. The van der Waals surface area contributed by atoms with Crippen molar-refractivity contribution >= 4 is 11.9 Å². The first kappa shape index (κ1) is 20.9. The fourth-order valence-electron chi connectivity index (χ4n) is 3.16. The number of hydrogen-bond acceptors (Lipinski definition) is 3. The van der Waals surface area contributed by atoms with Gasteiger partial charge in [-0.2, -0.15) is 0 Å². The summed E-state index contributed by atoms with van der Waals surface area (Å²) in [5.74, 6) is -1.09. The van der Waals surface area contributed by atoms with Crippen molar-refractivity contribution in [3.8, 4) is 0 Å². The predicted octanol–water partition coefficient (Wildman–Crippen LogP) is 4.68. The van der Waals surface area contributed by atoms with E-state index in [-0.39, 0.29) is 5.97 Å². The second-order valence-corrected chi connectivity index (χ2v) is 6.09. The van der Waals surface area contributed by atoms with Gasteiger partial charge in [-0.05, 0) is 23.6 Å². The highest BCUT2D eigenvalue weighted by Crippen LogP contribution is 2.40. The fourth-order valence-corrected chi connectivity index (χ4v) is 3.16. The minimum atomic E-state index is -0.972. The van der Waals surface area contributed by atoms with Crippen LogP contribution in [0.25, 0.3) is 0 Å². The molecule has 0 aliphatic heterocycles. The van der Waals surface area contributed by atoms with Gasteiger partial charge >= 0.3 is 5.97 Å². The Labute approximate surface area is 165 Å². The predicted molar refractivity (Wildman–Crippen MR) is 109 cm³/mol. The van der Waals surface area contributed by atoms with Crippen LogP contribution in [0.1, 0.15) is 30.5 Å². The Bertz CT molecular complexity index is 774. The lowest BCUT2D eigenvalue weighted by Gasteiger charge is -2.33. The fraction of sp³-hybridized carbons (Fsp3) is 0.167. The van der Waals surface area contributed by atoms with Gasteiger partial charge in [0.25, 0.3) is 5.97 Å². The third kappa shape index (κ3) is 4.65.